The second-order valence-corrected chi connectivity index (χ2v) is 7.09. The number of imidazole rings is 1. The molecular weight excluding hydrogens is 395 g/mol. The molecule has 30 heavy (non-hydrogen) atoms. The summed E-state index contributed by atoms with van der Waals surface area (Å²) in [6, 6.07) is 13.9. The molecule has 0 atom stereocenters. The number of nitrogens with one attached hydrogen (secondary N) is 1. The molecule has 156 valence electrons. The van der Waals surface area contributed by atoms with Crippen molar-refractivity contribution in [1.29, 1.82) is 0 Å². The number of aromatic nitrogens is 2. The van der Waals surface area contributed by atoms with Crippen molar-refractivity contribution in [2.24, 2.45) is 5.10 Å². The fraction of sp³-hybridized carbons (Fsp3) is 0.286. The molecule has 1 saturated heterocycles. The van der Waals surface area contributed by atoms with Gasteiger partial charge >= 0.3 is 6.18 Å². The number of benzene rings is 2. The number of hydrogen-bond acceptors (Lipinski definition) is 4. The maximum Gasteiger partial charge on any atom is 0.449 e. The van der Waals surface area contributed by atoms with E-state index in [-0.39, 0.29) is 11.0 Å². The van der Waals surface area contributed by atoms with Crippen molar-refractivity contribution in [1.82, 2.24) is 15.0 Å². The van der Waals surface area contributed by atoms with E-state index in [0.29, 0.717) is 0 Å². The smallest absolute Gasteiger partial charge is 0.372 e. The van der Waals surface area contributed by atoms with E-state index in [1.165, 1.54) is 31.2 Å². The maximum atomic E-state index is 13.3. The van der Waals surface area contributed by atoms with E-state index in [4.69, 9.17) is 0 Å². The van der Waals surface area contributed by atoms with Crippen LogP contribution in [-0.2, 0) is 17.5 Å². The van der Waals surface area contributed by atoms with Gasteiger partial charge in [0.25, 0.3) is 5.91 Å². The molecule has 3 aromatic rings. The Morgan fingerprint density at radius 3 is 2.50 bits per heavy atom. The average Bonchev–Trinajstić information content (AvgIpc) is 3.37. The minimum absolute atomic E-state index is 0.180. The molecule has 2 aromatic carbocycles. The Kier molecular flexibility index (Phi) is 5.43. The van der Waals surface area contributed by atoms with Gasteiger partial charge in [-0.15, -0.1) is 0 Å². The van der Waals surface area contributed by atoms with Crippen LogP contribution >= 0.6 is 0 Å². The van der Waals surface area contributed by atoms with Crippen LogP contribution in [0.25, 0.3) is 11.0 Å². The first-order chi connectivity index (χ1) is 14.4. The lowest BCUT2D eigenvalue weighted by molar-refractivity contribution is -0.147. The summed E-state index contributed by atoms with van der Waals surface area (Å²) in [6.45, 7) is 1.55. The zero-order valence-corrected chi connectivity index (χ0v) is 16.1. The first-order valence-corrected chi connectivity index (χ1v) is 9.61. The van der Waals surface area contributed by atoms with E-state index in [1.807, 2.05) is 24.3 Å². The standard InChI is InChI=1S/C21H20F3N5O/c22-21(23,24)20-26-17-5-1-2-6-18(17)29(20)14-19(30)27-25-13-15-7-9-16(10-8-15)28-11-3-4-12-28/h1-2,5-10,13H,3-4,11-12,14H2,(H,27,30)/b25-13+. The molecule has 9 heteroatoms. The second-order valence-electron chi connectivity index (χ2n) is 7.09. The third-order valence-corrected chi connectivity index (χ3v) is 4.98. The first kappa shape index (κ1) is 19.9. The van der Waals surface area contributed by atoms with Gasteiger partial charge in [-0.1, -0.05) is 24.3 Å². The normalized spacial score (nSPS) is 14.7. The topological polar surface area (TPSA) is 62.5 Å². The van der Waals surface area contributed by atoms with Gasteiger partial charge in [0.1, 0.15) is 6.54 Å². The number of amides is 1. The van der Waals surface area contributed by atoms with Gasteiger partial charge in [-0.25, -0.2) is 10.4 Å². The van der Waals surface area contributed by atoms with Crippen LogP contribution < -0.4 is 10.3 Å². The van der Waals surface area contributed by atoms with Crippen molar-refractivity contribution < 1.29 is 18.0 Å². The predicted octanol–water partition coefficient (Wildman–Crippen LogP) is 3.81. The summed E-state index contributed by atoms with van der Waals surface area (Å²) in [5.41, 5.74) is 4.62. The van der Waals surface area contributed by atoms with E-state index in [0.717, 1.165) is 28.9 Å². The van der Waals surface area contributed by atoms with Crippen LogP contribution in [-0.4, -0.2) is 34.8 Å². The lowest BCUT2D eigenvalue weighted by atomic mass is 10.2. The number of carbonyl (C=O) groups is 1. The van der Waals surface area contributed by atoms with Crippen molar-refractivity contribution in [3.05, 3.63) is 59.9 Å². The molecular formula is C21H20F3N5O. The summed E-state index contributed by atoms with van der Waals surface area (Å²) >= 11 is 0. The summed E-state index contributed by atoms with van der Waals surface area (Å²) in [4.78, 5) is 18.1. The number of hydrogen-bond donors (Lipinski definition) is 1. The van der Waals surface area contributed by atoms with E-state index in [9.17, 15) is 18.0 Å². The zero-order valence-electron chi connectivity index (χ0n) is 16.1. The van der Waals surface area contributed by atoms with Crippen LogP contribution in [0.1, 0.15) is 24.2 Å². The highest BCUT2D eigenvalue weighted by atomic mass is 19.4. The molecule has 4 rings (SSSR count). The van der Waals surface area contributed by atoms with Crippen LogP contribution in [0.3, 0.4) is 0 Å². The molecule has 1 fully saturated rings. The Hall–Kier alpha value is -3.36. The SMILES string of the molecule is O=C(Cn1c(C(F)(F)F)nc2ccccc21)N/N=C/c1ccc(N2CCCC2)cc1. The van der Waals surface area contributed by atoms with Crippen molar-refractivity contribution in [3.63, 3.8) is 0 Å². The Bertz CT molecular complexity index is 1070. The van der Waals surface area contributed by atoms with Crippen LogP contribution in [0.5, 0.6) is 0 Å². The molecule has 6 nitrogen and oxygen atoms in total. The highest BCUT2D eigenvalue weighted by molar-refractivity contribution is 5.84. The largest absolute Gasteiger partial charge is 0.449 e. The number of halogens is 3. The summed E-state index contributed by atoms with van der Waals surface area (Å²) in [6.07, 6.45) is -0.822. The van der Waals surface area contributed by atoms with Crippen LogP contribution in [0.15, 0.2) is 53.6 Å². The monoisotopic (exact) mass is 415 g/mol. The lowest BCUT2D eigenvalue weighted by Crippen LogP contribution is -2.26. The zero-order chi connectivity index (χ0) is 21.1. The van der Waals surface area contributed by atoms with Crippen molar-refractivity contribution in [3.8, 4) is 0 Å². The molecule has 1 aliphatic heterocycles. The Labute approximate surface area is 171 Å². The molecule has 1 aromatic heterocycles. The number of alkyl halides is 3. The number of rotatable bonds is 5. The molecule has 2 heterocycles. The minimum Gasteiger partial charge on any atom is -0.372 e. The molecule has 0 radical (unpaired) electrons. The number of nitrogens with zero attached hydrogens (tertiary/aromatic N) is 4. The van der Waals surface area contributed by atoms with E-state index < -0.39 is 24.5 Å². The van der Waals surface area contributed by atoms with Gasteiger partial charge < -0.3 is 9.47 Å². The van der Waals surface area contributed by atoms with Crippen LogP contribution in [0, 0.1) is 0 Å². The molecule has 1 N–H and O–H groups in total. The Balaban J connectivity index is 1.43. The van der Waals surface area contributed by atoms with E-state index in [1.54, 1.807) is 12.1 Å². The van der Waals surface area contributed by atoms with E-state index >= 15 is 0 Å². The molecule has 0 aliphatic carbocycles. The van der Waals surface area contributed by atoms with Crippen LogP contribution in [0.2, 0.25) is 0 Å². The van der Waals surface area contributed by atoms with Crippen molar-refractivity contribution >= 4 is 28.8 Å². The highest BCUT2D eigenvalue weighted by Gasteiger charge is 2.37. The third kappa shape index (κ3) is 4.29. The number of hydrazone groups is 1. The van der Waals surface area contributed by atoms with Crippen LogP contribution in [0.4, 0.5) is 18.9 Å². The molecule has 0 spiro atoms. The number of fused-ring (bicyclic) bond motifs is 1. The van der Waals surface area contributed by atoms with E-state index in [2.05, 4.69) is 20.4 Å². The van der Waals surface area contributed by atoms with Gasteiger partial charge in [0.15, 0.2) is 0 Å². The van der Waals surface area contributed by atoms with Crippen molar-refractivity contribution in [2.45, 2.75) is 25.6 Å². The Morgan fingerprint density at radius 1 is 1.10 bits per heavy atom. The van der Waals surface area contributed by atoms with Gasteiger partial charge in [0.05, 0.1) is 17.2 Å². The first-order valence-electron chi connectivity index (χ1n) is 9.61. The quantitative estimate of drug-likeness (QED) is 0.509. The third-order valence-electron chi connectivity index (χ3n) is 4.98. The molecule has 0 saturated carbocycles. The van der Waals surface area contributed by atoms with Crippen molar-refractivity contribution in [2.75, 3.05) is 18.0 Å². The number of anilines is 1. The van der Waals surface area contributed by atoms with Gasteiger partial charge in [0.2, 0.25) is 5.82 Å². The molecule has 0 bridgehead atoms. The summed E-state index contributed by atoms with van der Waals surface area (Å²) in [5, 5.41) is 3.87. The minimum atomic E-state index is -4.67. The maximum absolute atomic E-state index is 13.3. The molecule has 1 aliphatic rings. The highest BCUT2D eigenvalue weighted by Crippen LogP contribution is 2.31. The number of para-hydroxylation sites is 2. The summed E-state index contributed by atoms with van der Waals surface area (Å²) in [7, 11) is 0. The summed E-state index contributed by atoms with van der Waals surface area (Å²) in [5.74, 6) is -1.78. The molecule has 0 unspecified atom stereocenters. The second kappa shape index (κ2) is 8.17. The fourth-order valence-electron chi connectivity index (χ4n) is 3.56. The van der Waals surface area contributed by atoms with Gasteiger partial charge in [-0.2, -0.15) is 18.3 Å². The van der Waals surface area contributed by atoms with Gasteiger partial charge in [-0.3, -0.25) is 4.79 Å². The predicted molar refractivity (Wildman–Crippen MR) is 108 cm³/mol. The van der Waals surface area contributed by atoms with Gasteiger partial charge in [-0.05, 0) is 42.7 Å². The average molecular weight is 415 g/mol. The van der Waals surface area contributed by atoms with Gasteiger partial charge in [0, 0.05) is 18.8 Å². The Morgan fingerprint density at radius 2 is 1.80 bits per heavy atom. The lowest BCUT2D eigenvalue weighted by Gasteiger charge is -2.17. The number of carbonyl (C=O) groups excluding carboxylic acids is 1. The molecule has 1 amide bonds. The summed E-state index contributed by atoms with van der Waals surface area (Å²) < 4.78 is 40.8. The fourth-order valence-corrected chi connectivity index (χ4v) is 3.56.